The zero-order chi connectivity index (χ0) is 23.4. The van der Waals surface area contributed by atoms with Crippen molar-refractivity contribution in [2.24, 2.45) is 0 Å². The molecule has 0 heterocycles. The standard InChI is InChI=1S/C30H60O2.ClH/c1-2-3-4-5-6-7-8-9-10-11-12-13-14-15-16-17-18-19-20-21-22-23-24-25-26-27-28-29-30(31)32;/h2-29H2,1H3,(H,31,32);1H. The molecule has 0 aromatic carbocycles. The molecular formula is C30H61ClO2. The summed E-state index contributed by atoms with van der Waals surface area (Å²) < 4.78 is 0. The molecule has 33 heavy (non-hydrogen) atoms. The lowest BCUT2D eigenvalue weighted by molar-refractivity contribution is -0.137. The number of hydrogen-bond donors (Lipinski definition) is 1. The van der Waals surface area contributed by atoms with E-state index in [-0.39, 0.29) is 12.4 Å². The Balaban J connectivity index is 0. The van der Waals surface area contributed by atoms with Crippen LogP contribution in [0.25, 0.3) is 0 Å². The lowest BCUT2D eigenvalue weighted by Gasteiger charge is -2.04. The van der Waals surface area contributed by atoms with Crippen LogP contribution in [0.2, 0.25) is 0 Å². The monoisotopic (exact) mass is 488 g/mol. The van der Waals surface area contributed by atoms with Crippen LogP contribution in [0.5, 0.6) is 0 Å². The summed E-state index contributed by atoms with van der Waals surface area (Å²) in [5.74, 6) is -0.649. The second kappa shape index (κ2) is 31.8. The Hall–Kier alpha value is -0.240. The highest BCUT2D eigenvalue weighted by Gasteiger charge is 1.98. The average Bonchev–Trinajstić information content (AvgIpc) is 2.78. The molecule has 0 rings (SSSR count). The highest BCUT2D eigenvalue weighted by molar-refractivity contribution is 5.85. The summed E-state index contributed by atoms with van der Waals surface area (Å²) in [7, 11) is 0. The lowest BCUT2D eigenvalue weighted by Crippen LogP contribution is -1.93. The Morgan fingerprint density at radius 2 is 0.576 bits per heavy atom. The molecule has 1 N–H and O–H groups in total. The summed E-state index contributed by atoms with van der Waals surface area (Å²) >= 11 is 0. The molecule has 0 saturated carbocycles. The number of carbonyl (C=O) groups is 1. The van der Waals surface area contributed by atoms with Gasteiger partial charge in [0.05, 0.1) is 0 Å². The maximum absolute atomic E-state index is 10.4. The highest BCUT2D eigenvalue weighted by atomic mass is 35.5. The summed E-state index contributed by atoms with van der Waals surface area (Å²) in [6.45, 7) is 2.30. The van der Waals surface area contributed by atoms with Crippen LogP contribution in [0.1, 0.15) is 187 Å². The SMILES string of the molecule is CCCCCCCCCCCCCCCCCCCCCCCCCCCCCC(=O)O.Cl. The van der Waals surface area contributed by atoms with E-state index in [9.17, 15) is 4.79 Å². The van der Waals surface area contributed by atoms with Crippen LogP contribution in [0, 0.1) is 0 Å². The Bertz CT molecular complexity index is 359. The minimum absolute atomic E-state index is 0. The van der Waals surface area contributed by atoms with Gasteiger partial charge in [-0.3, -0.25) is 4.79 Å². The van der Waals surface area contributed by atoms with Crippen molar-refractivity contribution in [1.29, 1.82) is 0 Å². The number of rotatable bonds is 28. The molecule has 0 aliphatic carbocycles. The quantitative estimate of drug-likeness (QED) is 0.111. The van der Waals surface area contributed by atoms with Crippen molar-refractivity contribution in [3.63, 3.8) is 0 Å². The number of halogens is 1. The number of unbranched alkanes of at least 4 members (excludes halogenated alkanes) is 26. The van der Waals surface area contributed by atoms with Gasteiger partial charge in [0.2, 0.25) is 0 Å². The molecule has 0 aromatic heterocycles. The van der Waals surface area contributed by atoms with Gasteiger partial charge in [-0.05, 0) is 6.42 Å². The van der Waals surface area contributed by atoms with E-state index in [0.29, 0.717) is 6.42 Å². The maximum atomic E-state index is 10.4. The zero-order valence-electron chi connectivity index (χ0n) is 22.6. The molecule has 3 heteroatoms. The first-order chi connectivity index (χ1) is 15.8. The largest absolute Gasteiger partial charge is 0.481 e. The fraction of sp³-hybridized carbons (Fsp3) is 0.967. The van der Waals surface area contributed by atoms with Crippen LogP contribution in [-0.4, -0.2) is 11.1 Å². The predicted molar refractivity (Wildman–Crippen MR) is 150 cm³/mol. The molecule has 0 amide bonds. The zero-order valence-corrected chi connectivity index (χ0v) is 23.4. The third kappa shape index (κ3) is 34.0. The Morgan fingerprint density at radius 1 is 0.394 bits per heavy atom. The van der Waals surface area contributed by atoms with Gasteiger partial charge < -0.3 is 5.11 Å². The van der Waals surface area contributed by atoms with Gasteiger partial charge in [-0.1, -0.05) is 174 Å². The van der Waals surface area contributed by atoms with Gasteiger partial charge in [0.15, 0.2) is 0 Å². The number of carboxylic acid groups (broad SMARTS) is 1. The molecule has 0 aliphatic heterocycles. The van der Waals surface area contributed by atoms with Gasteiger partial charge in [-0.15, -0.1) is 12.4 Å². The second-order valence-corrected chi connectivity index (χ2v) is 10.3. The van der Waals surface area contributed by atoms with Crippen molar-refractivity contribution >= 4 is 18.4 Å². The fourth-order valence-electron chi connectivity index (χ4n) is 4.77. The summed E-state index contributed by atoms with van der Waals surface area (Å²) in [5.41, 5.74) is 0. The molecule has 0 aliphatic rings. The minimum Gasteiger partial charge on any atom is -0.481 e. The van der Waals surface area contributed by atoms with E-state index in [0.717, 1.165) is 12.8 Å². The van der Waals surface area contributed by atoms with Gasteiger partial charge in [0, 0.05) is 6.42 Å². The van der Waals surface area contributed by atoms with Crippen molar-refractivity contribution in [3.05, 3.63) is 0 Å². The summed E-state index contributed by atoms with van der Waals surface area (Å²) in [4.78, 5) is 10.4. The molecule has 0 aromatic rings. The topological polar surface area (TPSA) is 37.3 Å². The minimum atomic E-state index is -0.649. The van der Waals surface area contributed by atoms with Crippen LogP contribution in [0.15, 0.2) is 0 Å². The van der Waals surface area contributed by atoms with E-state index in [1.165, 1.54) is 161 Å². The van der Waals surface area contributed by atoms with Gasteiger partial charge in [0.25, 0.3) is 0 Å². The van der Waals surface area contributed by atoms with Crippen molar-refractivity contribution in [2.45, 2.75) is 187 Å². The number of carboxylic acids is 1. The van der Waals surface area contributed by atoms with Crippen molar-refractivity contribution in [2.75, 3.05) is 0 Å². The molecule has 200 valence electrons. The summed E-state index contributed by atoms with van der Waals surface area (Å²) in [5, 5.41) is 8.61. The maximum Gasteiger partial charge on any atom is 0.303 e. The van der Waals surface area contributed by atoms with Gasteiger partial charge in [0.1, 0.15) is 0 Å². The third-order valence-electron chi connectivity index (χ3n) is 6.99. The molecule has 0 atom stereocenters. The Kier molecular flexibility index (Phi) is 33.6. The molecule has 0 radical (unpaired) electrons. The molecule has 2 nitrogen and oxygen atoms in total. The highest BCUT2D eigenvalue weighted by Crippen LogP contribution is 2.16. The first-order valence-electron chi connectivity index (χ1n) is 15.0. The van der Waals surface area contributed by atoms with Crippen LogP contribution in [0.4, 0.5) is 0 Å². The van der Waals surface area contributed by atoms with E-state index in [1.807, 2.05) is 0 Å². The first kappa shape index (κ1) is 34.9. The molecule has 0 spiro atoms. The van der Waals surface area contributed by atoms with Crippen LogP contribution in [0.3, 0.4) is 0 Å². The first-order valence-corrected chi connectivity index (χ1v) is 15.0. The molecule has 0 saturated heterocycles. The summed E-state index contributed by atoms with van der Waals surface area (Å²) in [6, 6.07) is 0. The van der Waals surface area contributed by atoms with E-state index in [2.05, 4.69) is 6.92 Å². The lowest BCUT2D eigenvalue weighted by atomic mass is 10.0. The van der Waals surface area contributed by atoms with Crippen molar-refractivity contribution in [3.8, 4) is 0 Å². The Morgan fingerprint density at radius 3 is 0.758 bits per heavy atom. The third-order valence-corrected chi connectivity index (χ3v) is 6.99. The molecular weight excluding hydrogens is 428 g/mol. The number of aliphatic carboxylic acids is 1. The fourth-order valence-corrected chi connectivity index (χ4v) is 4.77. The molecule has 0 fully saturated rings. The van der Waals surface area contributed by atoms with E-state index in [1.54, 1.807) is 0 Å². The van der Waals surface area contributed by atoms with Crippen LogP contribution >= 0.6 is 12.4 Å². The molecule has 0 bridgehead atoms. The Labute approximate surface area is 214 Å². The van der Waals surface area contributed by atoms with E-state index >= 15 is 0 Å². The predicted octanol–water partition coefficient (Wildman–Crippen LogP) is 11.4. The van der Waals surface area contributed by atoms with Crippen LogP contribution in [-0.2, 0) is 4.79 Å². The molecule has 0 unspecified atom stereocenters. The van der Waals surface area contributed by atoms with E-state index in [4.69, 9.17) is 5.11 Å². The number of hydrogen-bond acceptors (Lipinski definition) is 1. The van der Waals surface area contributed by atoms with E-state index < -0.39 is 5.97 Å². The average molecular weight is 489 g/mol. The van der Waals surface area contributed by atoms with Gasteiger partial charge in [-0.25, -0.2) is 0 Å². The van der Waals surface area contributed by atoms with Crippen molar-refractivity contribution < 1.29 is 9.90 Å². The smallest absolute Gasteiger partial charge is 0.303 e. The van der Waals surface area contributed by atoms with Crippen LogP contribution < -0.4 is 0 Å². The second-order valence-electron chi connectivity index (χ2n) is 10.3. The summed E-state index contributed by atoms with van der Waals surface area (Å²) in [6.07, 6.45) is 38.0. The van der Waals surface area contributed by atoms with Crippen molar-refractivity contribution in [1.82, 2.24) is 0 Å². The van der Waals surface area contributed by atoms with Gasteiger partial charge >= 0.3 is 5.97 Å². The van der Waals surface area contributed by atoms with Gasteiger partial charge in [-0.2, -0.15) is 0 Å². The normalized spacial score (nSPS) is 10.9.